The van der Waals surface area contributed by atoms with E-state index in [1.807, 2.05) is 30.3 Å². The van der Waals surface area contributed by atoms with E-state index in [0.717, 1.165) is 10.0 Å². The van der Waals surface area contributed by atoms with Crippen molar-refractivity contribution in [1.82, 2.24) is 5.43 Å². The second-order valence-corrected chi connectivity index (χ2v) is 5.26. The summed E-state index contributed by atoms with van der Waals surface area (Å²) in [4.78, 5) is 12.0. The van der Waals surface area contributed by atoms with Gasteiger partial charge in [-0.25, -0.2) is 5.43 Å². The summed E-state index contributed by atoms with van der Waals surface area (Å²) < 4.78 is 6.36. The van der Waals surface area contributed by atoms with Crippen LogP contribution in [0.4, 0.5) is 0 Å². The molecule has 0 atom stereocenters. The molecule has 2 rings (SSSR count). The molecule has 1 N–H and O–H groups in total. The predicted molar refractivity (Wildman–Crippen MR) is 91.3 cm³/mol. The number of hydrogen-bond donors (Lipinski definition) is 1. The van der Waals surface area contributed by atoms with Gasteiger partial charge in [0.05, 0.1) is 6.21 Å². The second-order valence-electron chi connectivity index (χ2n) is 4.35. The van der Waals surface area contributed by atoms with Crippen molar-refractivity contribution in [3.05, 3.63) is 76.8 Å². The fourth-order valence-corrected chi connectivity index (χ4v) is 2.12. The first kappa shape index (κ1) is 16.0. The lowest BCUT2D eigenvalue weighted by Crippen LogP contribution is -2.17. The molecule has 0 saturated heterocycles. The summed E-state index contributed by atoms with van der Waals surface area (Å²) in [7, 11) is 0. The van der Waals surface area contributed by atoms with Crippen molar-refractivity contribution in [1.29, 1.82) is 0 Å². The van der Waals surface area contributed by atoms with E-state index < -0.39 is 0 Å². The minimum absolute atomic E-state index is 0.276. The van der Waals surface area contributed by atoms with Gasteiger partial charge in [0, 0.05) is 15.6 Å². The number of benzene rings is 2. The van der Waals surface area contributed by atoms with Crippen LogP contribution >= 0.6 is 15.9 Å². The average molecular weight is 359 g/mol. The molecule has 0 bridgehead atoms. The minimum atomic E-state index is -0.276. The van der Waals surface area contributed by atoms with Crippen LogP contribution in [0.15, 0.2) is 70.8 Å². The maximum absolute atomic E-state index is 12.0. The van der Waals surface area contributed by atoms with E-state index in [4.69, 9.17) is 4.74 Å². The number of amides is 1. The molecule has 2 aromatic carbocycles. The van der Waals surface area contributed by atoms with Gasteiger partial charge in [-0.2, -0.15) is 5.10 Å². The maximum Gasteiger partial charge on any atom is 0.271 e. The third-order valence-corrected chi connectivity index (χ3v) is 3.23. The number of carbonyl (C=O) groups is 1. The van der Waals surface area contributed by atoms with Gasteiger partial charge in [0.2, 0.25) is 0 Å². The SMILES string of the molecule is C=CCOc1ccccc1/C=N/NC(=O)c1cccc(Br)c1. The average Bonchev–Trinajstić information content (AvgIpc) is 2.54. The van der Waals surface area contributed by atoms with E-state index in [1.165, 1.54) is 0 Å². The number of carbonyl (C=O) groups excluding carboxylic acids is 1. The number of rotatable bonds is 6. The van der Waals surface area contributed by atoms with Gasteiger partial charge in [-0.15, -0.1) is 0 Å². The third-order valence-electron chi connectivity index (χ3n) is 2.73. The number of hydrogen-bond acceptors (Lipinski definition) is 3. The van der Waals surface area contributed by atoms with E-state index in [-0.39, 0.29) is 5.91 Å². The summed E-state index contributed by atoms with van der Waals surface area (Å²) in [6.07, 6.45) is 3.22. The Hall–Kier alpha value is -2.40. The molecule has 5 heteroatoms. The first-order valence-corrected chi connectivity index (χ1v) is 7.41. The molecule has 0 aromatic heterocycles. The zero-order valence-electron chi connectivity index (χ0n) is 11.8. The molecular formula is C17H15BrN2O2. The van der Waals surface area contributed by atoms with E-state index in [9.17, 15) is 4.79 Å². The van der Waals surface area contributed by atoms with E-state index in [0.29, 0.717) is 17.9 Å². The normalized spacial score (nSPS) is 10.4. The summed E-state index contributed by atoms with van der Waals surface area (Å²) in [5.41, 5.74) is 3.80. The monoisotopic (exact) mass is 358 g/mol. The van der Waals surface area contributed by atoms with Crippen LogP contribution < -0.4 is 10.2 Å². The largest absolute Gasteiger partial charge is 0.489 e. The summed E-state index contributed by atoms with van der Waals surface area (Å²) >= 11 is 3.33. The Morgan fingerprint density at radius 1 is 1.27 bits per heavy atom. The Kier molecular flexibility index (Phi) is 5.91. The van der Waals surface area contributed by atoms with Crippen LogP contribution in [0.5, 0.6) is 5.75 Å². The van der Waals surface area contributed by atoms with Crippen molar-refractivity contribution >= 4 is 28.1 Å². The standard InChI is InChI=1S/C17H15BrN2O2/c1-2-10-22-16-9-4-3-6-14(16)12-19-20-17(21)13-7-5-8-15(18)11-13/h2-9,11-12H,1,10H2,(H,20,21)/b19-12+. The van der Waals surface area contributed by atoms with Crippen LogP contribution in [0, 0.1) is 0 Å². The lowest BCUT2D eigenvalue weighted by molar-refractivity contribution is 0.0955. The molecule has 22 heavy (non-hydrogen) atoms. The summed E-state index contributed by atoms with van der Waals surface area (Å²) in [5.74, 6) is 0.407. The van der Waals surface area contributed by atoms with Crippen LogP contribution in [0.25, 0.3) is 0 Å². The molecule has 112 valence electrons. The number of nitrogens with one attached hydrogen (secondary N) is 1. The number of halogens is 1. The molecule has 2 aromatic rings. The maximum atomic E-state index is 12.0. The Bertz CT molecular complexity index is 699. The molecule has 0 aliphatic rings. The van der Waals surface area contributed by atoms with Crippen molar-refractivity contribution in [3.63, 3.8) is 0 Å². The number of nitrogens with zero attached hydrogens (tertiary/aromatic N) is 1. The molecule has 4 nitrogen and oxygen atoms in total. The Morgan fingerprint density at radius 2 is 2.09 bits per heavy atom. The fraction of sp³-hybridized carbons (Fsp3) is 0.0588. The number of hydrazone groups is 1. The van der Waals surface area contributed by atoms with Crippen molar-refractivity contribution in [2.75, 3.05) is 6.61 Å². The van der Waals surface area contributed by atoms with Crippen molar-refractivity contribution in [3.8, 4) is 5.75 Å². The molecule has 0 radical (unpaired) electrons. The Balaban J connectivity index is 2.03. The van der Waals surface area contributed by atoms with Gasteiger partial charge in [-0.3, -0.25) is 4.79 Å². The molecule has 0 heterocycles. The van der Waals surface area contributed by atoms with Crippen molar-refractivity contribution < 1.29 is 9.53 Å². The Labute approximate surface area is 137 Å². The smallest absolute Gasteiger partial charge is 0.271 e. The molecule has 0 aliphatic heterocycles. The highest BCUT2D eigenvalue weighted by Crippen LogP contribution is 2.15. The fourth-order valence-electron chi connectivity index (χ4n) is 1.72. The quantitative estimate of drug-likeness (QED) is 0.485. The second kappa shape index (κ2) is 8.14. The van der Waals surface area contributed by atoms with Gasteiger partial charge in [-0.05, 0) is 30.3 Å². The minimum Gasteiger partial charge on any atom is -0.489 e. The van der Waals surface area contributed by atoms with Crippen LogP contribution in [-0.4, -0.2) is 18.7 Å². The van der Waals surface area contributed by atoms with Crippen LogP contribution in [0.3, 0.4) is 0 Å². The molecular weight excluding hydrogens is 344 g/mol. The van der Waals surface area contributed by atoms with Gasteiger partial charge in [0.1, 0.15) is 12.4 Å². The van der Waals surface area contributed by atoms with Crippen molar-refractivity contribution in [2.45, 2.75) is 0 Å². The molecule has 0 spiro atoms. The first-order valence-electron chi connectivity index (χ1n) is 6.62. The lowest BCUT2D eigenvalue weighted by atomic mass is 10.2. The first-order chi connectivity index (χ1) is 10.7. The van der Waals surface area contributed by atoms with Crippen LogP contribution in [-0.2, 0) is 0 Å². The van der Waals surface area contributed by atoms with E-state index in [1.54, 1.807) is 30.5 Å². The lowest BCUT2D eigenvalue weighted by Gasteiger charge is -2.06. The van der Waals surface area contributed by atoms with Crippen LogP contribution in [0.1, 0.15) is 15.9 Å². The summed E-state index contributed by atoms with van der Waals surface area (Å²) in [6, 6.07) is 14.5. The van der Waals surface area contributed by atoms with Crippen LogP contribution in [0.2, 0.25) is 0 Å². The Morgan fingerprint density at radius 3 is 2.86 bits per heavy atom. The summed E-state index contributed by atoms with van der Waals surface area (Å²) in [5, 5.41) is 3.97. The molecule has 0 saturated carbocycles. The van der Waals surface area contributed by atoms with E-state index in [2.05, 4.69) is 33.0 Å². The zero-order valence-corrected chi connectivity index (χ0v) is 13.4. The molecule has 1 amide bonds. The third kappa shape index (κ3) is 4.56. The van der Waals surface area contributed by atoms with Gasteiger partial charge in [-0.1, -0.05) is 46.8 Å². The molecule has 0 unspecified atom stereocenters. The van der Waals surface area contributed by atoms with Crippen molar-refractivity contribution in [2.24, 2.45) is 5.10 Å². The highest BCUT2D eigenvalue weighted by atomic mass is 79.9. The predicted octanol–water partition coefficient (Wildman–Crippen LogP) is 3.78. The highest BCUT2D eigenvalue weighted by molar-refractivity contribution is 9.10. The van der Waals surface area contributed by atoms with E-state index >= 15 is 0 Å². The number of ether oxygens (including phenoxy) is 1. The van der Waals surface area contributed by atoms with Gasteiger partial charge >= 0.3 is 0 Å². The molecule has 0 aliphatic carbocycles. The highest BCUT2D eigenvalue weighted by Gasteiger charge is 2.04. The summed E-state index contributed by atoms with van der Waals surface area (Å²) in [6.45, 7) is 4.02. The van der Waals surface area contributed by atoms with Gasteiger partial charge in [0.25, 0.3) is 5.91 Å². The zero-order chi connectivity index (χ0) is 15.8. The topological polar surface area (TPSA) is 50.7 Å². The number of para-hydroxylation sites is 1. The van der Waals surface area contributed by atoms with Gasteiger partial charge in [0.15, 0.2) is 0 Å². The molecule has 0 fully saturated rings. The van der Waals surface area contributed by atoms with Gasteiger partial charge < -0.3 is 4.74 Å².